The summed E-state index contributed by atoms with van der Waals surface area (Å²) in [4.78, 5) is 113. The van der Waals surface area contributed by atoms with E-state index < -0.39 is 89.9 Å². The van der Waals surface area contributed by atoms with Crippen molar-refractivity contribution in [2.24, 2.45) is 62.0 Å². The standard InChI is InChI=1S/C44H85N15O8/c1-6-7-8-9-10-11-12-20-35(62)55-31(19-16-25-53-44(50)51)40(65)59-37(28(4)5)42(67)57-32(17-13-14-23-45)39(64)56-30(18-15-24-52-43(48)49)33(60)22-21-29(46)38(63)58-36(27(2)3)41(66)54-26-34(47)61/h27-32,36-37H,6-26,45-46H2,1-5H3,(H2,47,61)(H,54,66)(H,55,62)(H,56,64)(H,57,67)(H,58,63)(H,59,65)(H4,48,49,52)(H4,50,51,53)/t29-,30+,31-,32-,36-,37-/m0/s1. The lowest BCUT2D eigenvalue weighted by Crippen LogP contribution is -2.59. The van der Waals surface area contributed by atoms with Crippen molar-refractivity contribution in [2.45, 2.75) is 180 Å². The zero-order valence-corrected chi connectivity index (χ0v) is 40.7. The number of hydrogen-bond acceptors (Lipinski definition) is 12. The Morgan fingerprint density at radius 2 is 0.970 bits per heavy atom. The number of rotatable bonds is 38. The molecule has 0 aromatic heterocycles. The second-order valence-corrected chi connectivity index (χ2v) is 17.6. The molecular formula is C44H85N15O8. The first-order valence-electron chi connectivity index (χ1n) is 23.8. The zero-order valence-electron chi connectivity index (χ0n) is 40.7. The van der Waals surface area contributed by atoms with Gasteiger partial charge in [0.15, 0.2) is 17.7 Å². The molecule has 0 saturated carbocycles. The van der Waals surface area contributed by atoms with Gasteiger partial charge in [0.1, 0.15) is 24.2 Å². The van der Waals surface area contributed by atoms with Gasteiger partial charge in [-0.25, -0.2) is 0 Å². The van der Waals surface area contributed by atoms with E-state index in [1.165, 1.54) is 6.42 Å². The Kier molecular flexibility index (Phi) is 32.6. The first-order chi connectivity index (χ1) is 31.6. The normalized spacial score (nSPS) is 13.7. The number of carbonyl (C=O) groups is 8. The van der Waals surface area contributed by atoms with Crippen LogP contribution in [0, 0.1) is 11.8 Å². The molecular weight excluding hydrogens is 867 g/mol. The molecule has 0 rings (SSSR count). The van der Waals surface area contributed by atoms with E-state index in [0.29, 0.717) is 32.2 Å². The lowest BCUT2D eigenvalue weighted by atomic mass is 9.98. The Bertz CT molecular complexity index is 1600. The van der Waals surface area contributed by atoms with Crippen molar-refractivity contribution in [3.63, 3.8) is 0 Å². The van der Waals surface area contributed by atoms with Gasteiger partial charge in [0.05, 0.1) is 18.6 Å². The average molecular weight is 952 g/mol. The fraction of sp³-hybridized carbons (Fsp3) is 0.773. The van der Waals surface area contributed by atoms with Crippen LogP contribution in [-0.2, 0) is 38.4 Å². The molecule has 0 spiro atoms. The maximum absolute atomic E-state index is 14.0. The van der Waals surface area contributed by atoms with Crippen molar-refractivity contribution in [1.29, 1.82) is 0 Å². The van der Waals surface area contributed by atoms with Crippen LogP contribution in [-0.4, -0.2) is 121 Å². The molecule has 0 aromatic rings. The monoisotopic (exact) mass is 952 g/mol. The molecule has 0 radical (unpaired) electrons. The Morgan fingerprint density at radius 1 is 0.493 bits per heavy atom. The first kappa shape index (κ1) is 61.4. The molecule has 0 fully saturated rings. The van der Waals surface area contributed by atoms with Crippen molar-refractivity contribution >= 4 is 59.1 Å². The van der Waals surface area contributed by atoms with Crippen molar-refractivity contribution in [3.8, 4) is 0 Å². The number of guanidine groups is 2. The minimum Gasteiger partial charge on any atom is -0.370 e. The van der Waals surface area contributed by atoms with Gasteiger partial charge in [0, 0.05) is 25.9 Å². The summed E-state index contributed by atoms with van der Waals surface area (Å²) in [7, 11) is 0. The summed E-state index contributed by atoms with van der Waals surface area (Å²) in [5.41, 5.74) is 38.9. The largest absolute Gasteiger partial charge is 0.370 e. The van der Waals surface area contributed by atoms with Crippen LogP contribution in [0.15, 0.2) is 9.98 Å². The maximum atomic E-state index is 14.0. The summed E-state index contributed by atoms with van der Waals surface area (Å²) >= 11 is 0. The second-order valence-electron chi connectivity index (χ2n) is 17.6. The number of hydrogen-bond donors (Lipinski definition) is 13. The Morgan fingerprint density at radius 3 is 1.51 bits per heavy atom. The summed E-state index contributed by atoms with van der Waals surface area (Å²) in [6.07, 6.45) is 8.96. The van der Waals surface area contributed by atoms with Crippen molar-refractivity contribution in [1.82, 2.24) is 31.9 Å². The Labute approximate surface area is 396 Å². The fourth-order valence-corrected chi connectivity index (χ4v) is 6.87. The number of amides is 7. The van der Waals surface area contributed by atoms with Crippen LogP contribution in [0.4, 0.5) is 0 Å². The topological polar surface area (TPSA) is 416 Å². The van der Waals surface area contributed by atoms with Crippen molar-refractivity contribution in [2.75, 3.05) is 26.2 Å². The number of carbonyl (C=O) groups excluding carboxylic acids is 8. The Balaban J connectivity index is 6.19. The van der Waals surface area contributed by atoms with Gasteiger partial charge in [0.25, 0.3) is 0 Å². The highest BCUT2D eigenvalue weighted by molar-refractivity contribution is 5.96. The van der Waals surface area contributed by atoms with Gasteiger partial charge in [-0.2, -0.15) is 0 Å². The van der Waals surface area contributed by atoms with E-state index >= 15 is 0 Å². The highest BCUT2D eigenvalue weighted by Crippen LogP contribution is 2.13. The molecule has 0 heterocycles. The fourth-order valence-electron chi connectivity index (χ4n) is 6.87. The molecule has 6 atom stereocenters. The van der Waals surface area contributed by atoms with Crippen molar-refractivity contribution < 1.29 is 38.4 Å². The quantitative estimate of drug-likeness (QED) is 0.0188. The molecule has 0 aliphatic rings. The van der Waals surface area contributed by atoms with E-state index in [4.69, 9.17) is 40.1 Å². The van der Waals surface area contributed by atoms with Gasteiger partial charge in [0.2, 0.25) is 41.4 Å². The highest BCUT2D eigenvalue weighted by atomic mass is 16.2. The summed E-state index contributed by atoms with van der Waals surface area (Å²) in [5, 5.41) is 16.0. The lowest BCUT2D eigenvalue weighted by molar-refractivity contribution is -0.135. The van der Waals surface area contributed by atoms with E-state index in [9.17, 15) is 38.4 Å². The van der Waals surface area contributed by atoms with Crippen LogP contribution in [0.3, 0.4) is 0 Å². The van der Waals surface area contributed by atoms with Gasteiger partial charge in [-0.1, -0.05) is 73.1 Å². The number of primary amides is 1. The number of nitrogens with two attached hydrogens (primary N) is 7. The number of Topliss-reactive ketones (excluding diaryl/α,β-unsaturated/α-hetero) is 1. The number of ketones is 1. The number of nitrogens with zero attached hydrogens (tertiary/aromatic N) is 2. The molecule has 0 aromatic carbocycles. The molecule has 23 nitrogen and oxygen atoms in total. The van der Waals surface area contributed by atoms with E-state index in [2.05, 4.69) is 48.8 Å². The molecule has 384 valence electrons. The maximum Gasteiger partial charge on any atom is 0.243 e. The van der Waals surface area contributed by atoms with E-state index in [1.807, 2.05) is 0 Å². The summed E-state index contributed by atoms with van der Waals surface area (Å²) in [5.74, 6) is -5.96. The minimum atomic E-state index is -1.23. The van der Waals surface area contributed by atoms with Crippen LogP contribution in [0.2, 0.25) is 0 Å². The molecule has 67 heavy (non-hydrogen) atoms. The predicted octanol–water partition coefficient (Wildman–Crippen LogP) is -1.62. The van der Waals surface area contributed by atoms with E-state index in [0.717, 1.165) is 32.1 Å². The zero-order chi connectivity index (χ0) is 50.9. The third-order valence-corrected chi connectivity index (χ3v) is 10.8. The summed E-state index contributed by atoms with van der Waals surface area (Å²) in [6.45, 7) is 9.20. The van der Waals surface area contributed by atoms with Crippen LogP contribution in [0.25, 0.3) is 0 Å². The van der Waals surface area contributed by atoms with Crippen LogP contribution < -0.4 is 72.0 Å². The molecule has 20 N–H and O–H groups in total. The third kappa shape index (κ3) is 28.9. The smallest absolute Gasteiger partial charge is 0.243 e. The van der Waals surface area contributed by atoms with Gasteiger partial charge in [-0.3, -0.25) is 48.3 Å². The third-order valence-electron chi connectivity index (χ3n) is 10.8. The minimum absolute atomic E-state index is 0.0850. The first-order valence-corrected chi connectivity index (χ1v) is 23.8. The van der Waals surface area contributed by atoms with Gasteiger partial charge in [-0.15, -0.1) is 0 Å². The van der Waals surface area contributed by atoms with Crippen LogP contribution in [0.1, 0.15) is 144 Å². The van der Waals surface area contributed by atoms with Crippen LogP contribution in [0.5, 0.6) is 0 Å². The molecule has 0 aliphatic carbocycles. The predicted molar refractivity (Wildman–Crippen MR) is 259 cm³/mol. The summed E-state index contributed by atoms with van der Waals surface area (Å²) < 4.78 is 0. The molecule has 0 unspecified atom stereocenters. The number of unbranched alkanes of at least 4 members (excludes halogenated alkanes) is 7. The van der Waals surface area contributed by atoms with E-state index in [-0.39, 0.29) is 81.8 Å². The molecule has 0 aliphatic heterocycles. The average Bonchev–Trinajstić information content (AvgIpc) is 3.26. The van der Waals surface area contributed by atoms with E-state index in [1.54, 1.807) is 27.7 Å². The van der Waals surface area contributed by atoms with Crippen molar-refractivity contribution in [3.05, 3.63) is 0 Å². The molecule has 23 heteroatoms. The SMILES string of the molecule is CCCCCCCCCC(=O)N[C@@H](CCCN=C(N)N)C(=O)N[C@H](C(=O)N[C@@H](CCCCN)C(=O)N[C@H](CCCN=C(N)N)C(=O)CC[C@H](N)C(=O)N[C@H](C(=O)NCC(N)=O)C(C)C)C(C)C. The number of nitrogens with one attached hydrogen (secondary N) is 6. The van der Waals surface area contributed by atoms with Gasteiger partial charge >= 0.3 is 0 Å². The molecule has 7 amide bonds. The lowest BCUT2D eigenvalue weighted by Gasteiger charge is -2.28. The van der Waals surface area contributed by atoms with Gasteiger partial charge < -0.3 is 72.0 Å². The van der Waals surface area contributed by atoms with Gasteiger partial charge in [-0.05, 0) is 76.2 Å². The highest BCUT2D eigenvalue weighted by Gasteiger charge is 2.33. The number of aliphatic imine (C=N–C) groups is 2. The summed E-state index contributed by atoms with van der Waals surface area (Å²) in [6, 6.07) is -6.68. The Hall–Kier alpha value is -5.58. The van der Waals surface area contributed by atoms with Crippen LogP contribution >= 0.6 is 0 Å². The second kappa shape index (κ2) is 35.6. The molecule has 0 bridgehead atoms. The molecule has 0 saturated heterocycles.